The summed E-state index contributed by atoms with van der Waals surface area (Å²) < 4.78 is 10.2. The van der Waals surface area contributed by atoms with Gasteiger partial charge in [0.05, 0.1) is 19.8 Å². The van der Waals surface area contributed by atoms with Gasteiger partial charge in [-0.15, -0.1) is 6.58 Å². The van der Waals surface area contributed by atoms with Crippen LogP contribution < -0.4 is 5.32 Å². The third kappa shape index (κ3) is 4.05. The molecule has 1 saturated heterocycles. The van der Waals surface area contributed by atoms with Crippen molar-refractivity contribution in [3.63, 3.8) is 0 Å². The minimum Gasteiger partial charge on any atom is -0.459 e. The van der Waals surface area contributed by atoms with Gasteiger partial charge in [0.25, 0.3) is 0 Å². The first-order valence-corrected chi connectivity index (χ1v) is 4.41. The highest BCUT2D eigenvalue weighted by Gasteiger charge is 2.19. The molecule has 0 bridgehead atoms. The van der Waals surface area contributed by atoms with E-state index in [1.54, 1.807) is 6.08 Å². The van der Waals surface area contributed by atoms with Crippen molar-refractivity contribution >= 4 is 5.97 Å². The predicted octanol–water partition coefficient (Wildman–Crippen LogP) is 0.0941. The largest absolute Gasteiger partial charge is 0.459 e. The number of nitrogens with one attached hydrogen (secondary N) is 1. The average Bonchev–Trinajstić information content (AvgIpc) is 2.57. The van der Waals surface area contributed by atoms with Crippen LogP contribution in [0.15, 0.2) is 12.7 Å². The highest BCUT2D eigenvalue weighted by molar-refractivity contribution is 5.71. The Kier molecular flexibility index (Phi) is 4.49. The van der Waals surface area contributed by atoms with Crippen molar-refractivity contribution < 1.29 is 14.3 Å². The van der Waals surface area contributed by atoms with Crippen molar-refractivity contribution in [2.45, 2.75) is 12.5 Å². The number of rotatable bonds is 5. The summed E-state index contributed by atoms with van der Waals surface area (Å²) >= 11 is 0. The van der Waals surface area contributed by atoms with E-state index in [0.717, 1.165) is 6.42 Å². The van der Waals surface area contributed by atoms with E-state index in [9.17, 15) is 4.79 Å². The average molecular weight is 185 g/mol. The van der Waals surface area contributed by atoms with E-state index in [-0.39, 0.29) is 18.6 Å². The van der Waals surface area contributed by atoms with E-state index in [1.165, 1.54) is 0 Å². The summed E-state index contributed by atoms with van der Waals surface area (Å²) in [6.07, 6.45) is 2.47. The van der Waals surface area contributed by atoms with E-state index in [1.807, 2.05) is 0 Å². The van der Waals surface area contributed by atoms with Gasteiger partial charge in [-0.2, -0.15) is 0 Å². The minimum absolute atomic E-state index is 0.0435. The molecule has 1 atom stereocenters. The molecule has 4 heteroatoms. The van der Waals surface area contributed by atoms with Gasteiger partial charge in [-0.1, -0.05) is 6.08 Å². The minimum atomic E-state index is -0.225. The zero-order valence-electron chi connectivity index (χ0n) is 7.62. The third-order valence-corrected chi connectivity index (χ3v) is 1.74. The Morgan fingerprint density at radius 1 is 1.77 bits per heavy atom. The summed E-state index contributed by atoms with van der Waals surface area (Å²) in [6.45, 7) is 5.61. The topological polar surface area (TPSA) is 47.6 Å². The number of esters is 1. The van der Waals surface area contributed by atoms with Gasteiger partial charge in [-0.3, -0.25) is 4.79 Å². The molecule has 0 aromatic carbocycles. The van der Waals surface area contributed by atoms with E-state index in [2.05, 4.69) is 11.9 Å². The zero-order chi connectivity index (χ0) is 9.52. The molecule has 1 unspecified atom stereocenters. The van der Waals surface area contributed by atoms with Crippen molar-refractivity contribution in [1.82, 2.24) is 5.32 Å². The van der Waals surface area contributed by atoms with Gasteiger partial charge < -0.3 is 14.8 Å². The lowest BCUT2D eigenvalue weighted by Gasteiger charge is -2.09. The van der Waals surface area contributed by atoms with Crippen LogP contribution in [0, 0.1) is 0 Å². The molecule has 0 spiro atoms. The van der Waals surface area contributed by atoms with Gasteiger partial charge in [-0.05, 0) is 0 Å². The smallest absolute Gasteiger partial charge is 0.320 e. The molecule has 0 saturated carbocycles. The second-order valence-electron chi connectivity index (χ2n) is 2.90. The summed E-state index contributed by atoms with van der Waals surface area (Å²) in [5, 5.41) is 2.88. The molecule has 0 amide bonds. The summed E-state index contributed by atoms with van der Waals surface area (Å²) in [5.41, 5.74) is 0. The lowest BCUT2D eigenvalue weighted by atomic mass is 10.3. The second-order valence-corrected chi connectivity index (χ2v) is 2.90. The second kappa shape index (κ2) is 5.72. The first-order valence-electron chi connectivity index (χ1n) is 4.41. The molecule has 1 aliphatic rings. The number of hydrogen-bond donors (Lipinski definition) is 1. The van der Waals surface area contributed by atoms with Crippen LogP contribution in [0.25, 0.3) is 0 Å². The van der Waals surface area contributed by atoms with Crippen molar-refractivity contribution in [2.24, 2.45) is 0 Å². The number of carbonyl (C=O) groups is 1. The summed E-state index contributed by atoms with van der Waals surface area (Å²) in [4.78, 5) is 11.1. The zero-order valence-corrected chi connectivity index (χ0v) is 7.62. The van der Waals surface area contributed by atoms with Crippen LogP contribution in [0.3, 0.4) is 0 Å². The van der Waals surface area contributed by atoms with Crippen LogP contribution in [-0.4, -0.2) is 38.4 Å². The molecule has 4 nitrogen and oxygen atoms in total. The first-order chi connectivity index (χ1) is 6.33. The molecule has 74 valence electrons. The van der Waals surface area contributed by atoms with Crippen molar-refractivity contribution in [3.8, 4) is 0 Å². The fraction of sp³-hybridized carbons (Fsp3) is 0.667. The van der Waals surface area contributed by atoms with Crippen LogP contribution in [0.4, 0.5) is 0 Å². The number of hydrogen-bond acceptors (Lipinski definition) is 4. The Hall–Kier alpha value is -0.870. The number of carbonyl (C=O) groups excluding carboxylic acids is 1. The quantitative estimate of drug-likeness (QED) is 0.375. The van der Waals surface area contributed by atoms with E-state index in [0.29, 0.717) is 19.8 Å². The Morgan fingerprint density at radius 3 is 3.23 bits per heavy atom. The highest BCUT2D eigenvalue weighted by Crippen LogP contribution is 2.07. The van der Waals surface area contributed by atoms with Gasteiger partial charge in [0.1, 0.15) is 6.10 Å². The molecule has 1 N–H and O–H groups in total. The molecular formula is C9H15NO3. The van der Waals surface area contributed by atoms with E-state index >= 15 is 0 Å². The van der Waals surface area contributed by atoms with Crippen molar-refractivity contribution in [2.75, 3.05) is 26.3 Å². The molecular weight excluding hydrogens is 170 g/mol. The molecule has 1 heterocycles. The van der Waals surface area contributed by atoms with Gasteiger partial charge in [0.15, 0.2) is 0 Å². The van der Waals surface area contributed by atoms with Crippen LogP contribution in [0.1, 0.15) is 6.42 Å². The normalized spacial score (nSPS) is 21.4. The van der Waals surface area contributed by atoms with Crippen LogP contribution in [-0.2, 0) is 14.3 Å². The Bertz CT molecular complexity index is 176. The Balaban J connectivity index is 2.05. The summed E-state index contributed by atoms with van der Waals surface area (Å²) in [6, 6.07) is 0. The van der Waals surface area contributed by atoms with Gasteiger partial charge >= 0.3 is 5.97 Å². The van der Waals surface area contributed by atoms with Gasteiger partial charge in [0, 0.05) is 13.0 Å². The molecule has 0 aromatic heterocycles. The maximum absolute atomic E-state index is 11.1. The molecule has 0 aliphatic carbocycles. The van der Waals surface area contributed by atoms with Crippen LogP contribution in [0.2, 0.25) is 0 Å². The molecule has 1 aliphatic heterocycles. The Morgan fingerprint density at radius 2 is 2.62 bits per heavy atom. The SMILES string of the molecule is C=CCNCC(=O)OC1CCOC1. The lowest BCUT2D eigenvalue weighted by molar-refractivity contribution is -0.147. The molecule has 1 rings (SSSR count). The standard InChI is InChI=1S/C9H15NO3/c1-2-4-10-6-9(11)13-8-3-5-12-7-8/h2,8,10H,1,3-7H2. The first kappa shape index (κ1) is 10.2. The van der Waals surface area contributed by atoms with E-state index in [4.69, 9.17) is 9.47 Å². The predicted molar refractivity (Wildman–Crippen MR) is 48.4 cm³/mol. The van der Waals surface area contributed by atoms with Crippen LogP contribution in [0.5, 0.6) is 0 Å². The van der Waals surface area contributed by atoms with Gasteiger partial charge in [0.2, 0.25) is 0 Å². The highest BCUT2D eigenvalue weighted by atomic mass is 16.6. The van der Waals surface area contributed by atoms with Crippen molar-refractivity contribution in [3.05, 3.63) is 12.7 Å². The fourth-order valence-electron chi connectivity index (χ4n) is 1.11. The third-order valence-electron chi connectivity index (χ3n) is 1.74. The van der Waals surface area contributed by atoms with Crippen LogP contribution >= 0.6 is 0 Å². The molecule has 1 fully saturated rings. The molecule has 0 radical (unpaired) electrons. The number of ether oxygens (including phenoxy) is 2. The summed E-state index contributed by atoms with van der Waals surface area (Å²) in [7, 11) is 0. The monoisotopic (exact) mass is 185 g/mol. The van der Waals surface area contributed by atoms with E-state index < -0.39 is 0 Å². The summed E-state index contributed by atoms with van der Waals surface area (Å²) in [5.74, 6) is -0.225. The maximum Gasteiger partial charge on any atom is 0.320 e. The molecule has 0 aromatic rings. The maximum atomic E-state index is 11.1. The fourth-order valence-corrected chi connectivity index (χ4v) is 1.11. The lowest BCUT2D eigenvalue weighted by Crippen LogP contribution is -2.28. The van der Waals surface area contributed by atoms with Crippen molar-refractivity contribution in [1.29, 1.82) is 0 Å². The van der Waals surface area contributed by atoms with Gasteiger partial charge in [-0.25, -0.2) is 0 Å². The Labute approximate surface area is 77.9 Å². The molecule has 13 heavy (non-hydrogen) atoms.